The van der Waals surface area contributed by atoms with Gasteiger partial charge in [-0.2, -0.15) is 0 Å². The highest BCUT2D eigenvalue weighted by molar-refractivity contribution is 8.14. The van der Waals surface area contributed by atoms with Gasteiger partial charge >= 0.3 is 5.97 Å². The standard InChI is InChI=1S/C5H5ClN2O4S2/c1-12-4(9)2-3-7-8-5(13-3)14(6,10)11/h2H2,1H3. The number of nitrogens with zero attached hydrogens (tertiary/aromatic N) is 2. The highest BCUT2D eigenvalue weighted by Gasteiger charge is 2.18. The van der Waals surface area contributed by atoms with Crippen molar-refractivity contribution in [2.75, 3.05) is 7.11 Å². The van der Waals surface area contributed by atoms with Crippen LogP contribution >= 0.6 is 22.0 Å². The minimum Gasteiger partial charge on any atom is -0.469 e. The van der Waals surface area contributed by atoms with Crippen molar-refractivity contribution in [3.63, 3.8) is 0 Å². The quantitative estimate of drug-likeness (QED) is 0.566. The Hall–Kier alpha value is -0.730. The lowest BCUT2D eigenvalue weighted by Gasteiger charge is -1.91. The summed E-state index contributed by atoms with van der Waals surface area (Å²) in [6, 6.07) is 0. The van der Waals surface area contributed by atoms with E-state index in [1.165, 1.54) is 7.11 Å². The van der Waals surface area contributed by atoms with E-state index in [0.29, 0.717) is 0 Å². The summed E-state index contributed by atoms with van der Waals surface area (Å²) >= 11 is 0.741. The second-order valence-electron chi connectivity index (χ2n) is 2.15. The first-order chi connectivity index (χ1) is 6.43. The maximum Gasteiger partial charge on any atom is 0.312 e. The number of ether oxygens (including phenoxy) is 1. The SMILES string of the molecule is COC(=O)Cc1nnc(S(=O)(=O)Cl)s1. The largest absolute Gasteiger partial charge is 0.469 e. The van der Waals surface area contributed by atoms with Crippen LogP contribution in [0.1, 0.15) is 5.01 Å². The zero-order valence-electron chi connectivity index (χ0n) is 6.93. The molecular formula is C5H5ClN2O4S2. The molecule has 0 bridgehead atoms. The number of esters is 1. The third kappa shape index (κ3) is 2.89. The van der Waals surface area contributed by atoms with Crippen LogP contribution < -0.4 is 0 Å². The number of hydrogen-bond donors (Lipinski definition) is 0. The fourth-order valence-electron chi connectivity index (χ4n) is 0.604. The van der Waals surface area contributed by atoms with Crippen LogP contribution in [-0.4, -0.2) is 31.7 Å². The van der Waals surface area contributed by atoms with Gasteiger partial charge in [0.15, 0.2) is 0 Å². The normalized spacial score (nSPS) is 11.3. The summed E-state index contributed by atoms with van der Waals surface area (Å²) in [7, 11) is 2.37. The highest BCUT2D eigenvalue weighted by atomic mass is 35.7. The van der Waals surface area contributed by atoms with E-state index in [2.05, 4.69) is 14.9 Å². The molecule has 1 heterocycles. The lowest BCUT2D eigenvalue weighted by atomic mass is 10.5. The summed E-state index contributed by atoms with van der Waals surface area (Å²) in [5.74, 6) is -0.514. The Kier molecular flexibility index (Phi) is 3.40. The molecule has 0 aliphatic carbocycles. The van der Waals surface area contributed by atoms with Crippen molar-refractivity contribution in [3.05, 3.63) is 5.01 Å². The molecule has 9 heteroatoms. The maximum absolute atomic E-state index is 10.8. The van der Waals surface area contributed by atoms with Gasteiger partial charge in [0.2, 0.25) is 4.34 Å². The molecule has 1 aromatic heterocycles. The fourth-order valence-corrected chi connectivity index (χ4v) is 2.36. The van der Waals surface area contributed by atoms with E-state index in [1.54, 1.807) is 0 Å². The van der Waals surface area contributed by atoms with Crippen molar-refractivity contribution < 1.29 is 17.9 Å². The van der Waals surface area contributed by atoms with Gasteiger partial charge in [-0.25, -0.2) is 8.42 Å². The van der Waals surface area contributed by atoms with Crippen LogP contribution in [0.3, 0.4) is 0 Å². The molecule has 0 unspecified atom stereocenters. The molecule has 1 aromatic rings. The lowest BCUT2D eigenvalue weighted by molar-refractivity contribution is -0.139. The van der Waals surface area contributed by atoms with E-state index in [9.17, 15) is 13.2 Å². The molecule has 0 aromatic carbocycles. The number of aromatic nitrogens is 2. The predicted molar refractivity (Wildman–Crippen MR) is 48.7 cm³/mol. The highest BCUT2D eigenvalue weighted by Crippen LogP contribution is 2.19. The van der Waals surface area contributed by atoms with Crippen molar-refractivity contribution >= 4 is 37.0 Å². The van der Waals surface area contributed by atoms with Crippen LogP contribution in [0, 0.1) is 0 Å². The zero-order chi connectivity index (χ0) is 10.8. The van der Waals surface area contributed by atoms with E-state index in [0.717, 1.165) is 11.3 Å². The van der Waals surface area contributed by atoms with E-state index in [4.69, 9.17) is 10.7 Å². The van der Waals surface area contributed by atoms with E-state index < -0.39 is 15.0 Å². The molecule has 0 saturated heterocycles. The molecule has 0 atom stereocenters. The Morgan fingerprint density at radius 1 is 1.57 bits per heavy atom. The lowest BCUT2D eigenvalue weighted by Crippen LogP contribution is -2.03. The van der Waals surface area contributed by atoms with Gasteiger partial charge in [0.1, 0.15) is 5.01 Å². The summed E-state index contributed by atoms with van der Waals surface area (Å²) in [6.07, 6.45) is -0.111. The van der Waals surface area contributed by atoms with Crippen LogP contribution in [0.4, 0.5) is 0 Å². The smallest absolute Gasteiger partial charge is 0.312 e. The number of rotatable bonds is 3. The van der Waals surface area contributed by atoms with Gasteiger partial charge in [-0.05, 0) is 0 Å². The molecule has 0 amide bonds. The van der Waals surface area contributed by atoms with Crippen LogP contribution in [-0.2, 0) is 25.0 Å². The van der Waals surface area contributed by atoms with Gasteiger partial charge in [0.25, 0.3) is 9.05 Å². The van der Waals surface area contributed by atoms with Crippen molar-refractivity contribution in [3.8, 4) is 0 Å². The second-order valence-corrected chi connectivity index (χ2v) is 5.95. The minimum absolute atomic E-state index is 0.111. The molecule has 0 saturated carbocycles. The van der Waals surface area contributed by atoms with Crippen molar-refractivity contribution in [1.82, 2.24) is 10.2 Å². The summed E-state index contributed by atoms with van der Waals surface area (Å²) < 4.78 is 25.6. The average Bonchev–Trinajstić information content (AvgIpc) is 2.51. The molecule has 6 nitrogen and oxygen atoms in total. The Balaban J connectivity index is 2.84. The molecule has 1 rings (SSSR count). The molecule has 78 valence electrons. The number of methoxy groups -OCH3 is 1. The Morgan fingerprint density at radius 3 is 2.64 bits per heavy atom. The first kappa shape index (κ1) is 11.3. The minimum atomic E-state index is -3.86. The third-order valence-corrected chi connectivity index (χ3v) is 4.02. The first-order valence-electron chi connectivity index (χ1n) is 3.27. The number of carbonyl (C=O) groups excluding carboxylic acids is 1. The predicted octanol–water partition coefficient (Wildman–Crippen LogP) is 0.181. The maximum atomic E-state index is 10.8. The molecule has 0 fully saturated rings. The molecule has 0 spiro atoms. The number of hydrogen-bond acceptors (Lipinski definition) is 7. The van der Waals surface area contributed by atoms with Crippen molar-refractivity contribution in [2.45, 2.75) is 10.8 Å². The molecular weight excluding hydrogens is 252 g/mol. The van der Waals surface area contributed by atoms with Crippen LogP contribution in [0.2, 0.25) is 0 Å². The summed E-state index contributed by atoms with van der Waals surface area (Å²) in [5.41, 5.74) is 0. The molecule has 14 heavy (non-hydrogen) atoms. The second kappa shape index (κ2) is 4.20. The van der Waals surface area contributed by atoms with Gasteiger partial charge in [-0.3, -0.25) is 4.79 Å². The average molecular weight is 257 g/mol. The van der Waals surface area contributed by atoms with Gasteiger partial charge in [0, 0.05) is 10.7 Å². The molecule has 0 N–H and O–H groups in total. The summed E-state index contributed by atoms with van der Waals surface area (Å²) in [5, 5.41) is 7.04. The van der Waals surface area contributed by atoms with Gasteiger partial charge in [-0.15, -0.1) is 10.2 Å². The van der Waals surface area contributed by atoms with Crippen LogP contribution in [0.15, 0.2) is 4.34 Å². The third-order valence-electron chi connectivity index (χ3n) is 1.18. The van der Waals surface area contributed by atoms with Gasteiger partial charge < -0.3 is 4.74 Å². The number of carbonyl (C=O) groups is 1. The number of halogens is 1. The van der Waals surface area contributed by atoms with Crippen molar-refractivity contribution in [1.29, 1.82) is 0 Å². The van der Waals surface area contributed by atoms with E-state index in [-0.39, 0.29) is 15.8 Å². The Bertz CT molecular complexity index is 440. The molecule has 0 aliphatic heterocycles. The van der Waals surface area contributed by atoms with Gasteiger partial charge in [0.05, 0.1) is 13.5 Å². The van der Waals surface area contributed by atoms with Crippen molar-refractivity contribution in [2.24, 2.45) is 0 Å². The zero-order valence-corrected chi connectivity index (χ0v) is 9.32. The topological polar surface area (TPSA) is 86.2 Å². The first-order valence-corrected chi connectivity index (χ1v) is 6.40. The van der Waals surface area contributed by atoms with Crippen LogP contribution in [0.5, 0.6) is 0 Å². The molecule has 0 radical (unpaired) electrons. The van der Waals surface area contributed by atoms with Gasteiger partial charge in [-0.1, -0.05) is 11.3 Å². The van der Waals surface area contributed by atoms with E-state index in [1.807, 2.05) is 0 Å². The molecule has 0 aliphatic rings. The Labute approximate surface area is 88.3 Å². The monoisotopic (exact) mass is 256 g/mol. The summed E-state index contributed by atoms with van der Waals surface area (Å²) in [4.78, 5) is 10.8. The van der Waals surface area contributed by atoms with E-state index >= 15 is 0 Å². The van der Waals surface area contributed by atoms with Crippen LogP contribution in [0.25, 0.3) is 0 Å². The Morgan fingerprint density at radius 2 is 2.21 bits per heavy atom. The summed E-state index contributed by atoms with van der Waals surface area (Å²) in [6.45, 7) is 0. The fraction of sp³-hybridized carbons (Fsp3) is 0.400.